The summed E-state index contributed by atoms with van der Waals surface area (Å²) in [6.45, 7) is 4.06. The Morgan fingerprint density at radius 2 is 2.25 bits per heavy atom. The molecule has 0 aromatic carbocycles. The van der Waals surface area contributed by atoms with Gasteiger partial charge in [0.1, 0.15) is 5.69 Å². The summed E-state index contributed by atoms with van der Waals surface area (Å²) in [4.78, 5) is 30.6. The number of hydrogen-bond donors (Lipinski definition) is 1. The average Bonchev–Trinajstić information content (AvgIpc) is 2.93. The number of carbonyl (C=O) groups excluding carboxylic acids is 2. The largest absolute Gasteiger partial charge is 0.356 e. The summed E-state index contributed by atoms with van der Waals surface area (Å²) in [5.41, 5.74) is 0.312. The van der Waals surface area contributed by atoms with Gasteiger partial charge in [-0.25, -0.2) is 4.98 Å². The van der Waals surface area contributed by atoms with Gasteiger partial charge in [0.2, 0.25) is 5.91 Å². The lowest BCUT2D eigenvalue weighted by molar-refractivity contribution is -0.128. The summed E-state index contributed by atoms with van der Waals surface area (Å²) >= 11 is 1.50. The van der Waals surface area contributed by atoms with E-state index in [1.54, 1.807) is 0 Å². The number of rotatable bonds is 1. The Hall–Kier alpha value is -1.43. The monoisotopic (exact) mass is 293 g/mol. The van der Waals surface area contributed by atoms with E-state index in [2.05, 4.69) is 10.3 Å². The van der Waals surface area contributed by atoms with Crippen LogP contribution in [0.5, 0.6) is 0 Å². The summed E-state index contributed by atoms with van der Waals surface area (Å²) in [5, 5.41) is 5.67. The minimum atomic E-state index is -0.229. The first kappa shape index (κ1) is 13.5. The van der Waals surface area contributed by atoms with Crippen LogP contribution < -0.4 is 5.32 Å². The first-order valence-electron chi connectivity index (χ1n) is 7.10. The molecule has 1 N–H and O–H groups in total. The number of carbonyl (C=O) groups is 2. The highest BCUT2D eigenvalue weighted by atomic mass is 32.1. The lowest BCUT2D eigenvalue weighted by Crippen LogP contribution is -2.35. The lowest BCUT2D eigenvalue weighted by Gasteiger charge is -2.24. The van der Waals surface area contributed by atoms with E-state index in [1.165, 1.54) is 11.3 Å². The molecule has 1 unspecified atom stereocenters. The van der Waals surface area contributed by atoms with Crippen LogP contribution in [0.1, 0.15) is 41.2 Å². The van der Waals surface area contributed by atoms with Crippen LogP contribution in [0.3, 0.4) is 0 Å². The fraction of sp³-hybridized carbons (Fsp3) is 0.643. The van der Waals surface area contributed by atoms with Crippen LogP contribution in [0.4, 0.5) is 0 Å². The zero-order valence-electron chi connectivity index (χ0n) is 11.6. The molecule has 2 amide bonds. The predicted molar refractivity (Wildman–Crippen MR) is 76.7 cm³/mol. The molecule has 2 saturated heterocycles. The minimum absolute atomic E-state index is 0.00445. The maximum Gasteiger partial charge on any atom is 0.273 e. The third-order valence-electron chi connectivity index (χ3n) is 4.44. The molecule has 2 aliphatic heterocycles. The van der Waals surface area contributed by atoms with Crippen molar-refractivity contribution in [1.82, 2.24) is 15.2 Å². The van der Waals surface area contributed by atoms with Crippen molar-refractivity contribution in [1.29, 1.82) is 0 Å². The average molecular weight is 293 g/mol. The van der Waals surface area contributed by atoms with E-state index < -0.39 is 0 Å². The summed E-state index contributed by atoms with van der Waals surface area (Å²) < 4.78 is 0. The summed E-state index contributed by atoms with van der Waals surface area (Å²) in [5.74, 6) is 0.182. The number of nitrogens with one attached hydrogen (secondary N) is 1. The van der Waals surface area contributed by atoms with Gasteiger partial charge in [-0.1, -0.05) is 0 Å². The van der Waals surface area contributed by atoms with Crippen molar-refractivity contribution in [3.8, 4) is 0 Å². The summed E-state index contributed by atoms with van der Waals surface area (Å²) in [7, 11) is 0. The number of aryl methyl sites for hydroxylation is 1. The summed E-state index contributed by atoms with van der Waals surface area (Å²) in [6.07, 6.45) is 3.46. The Morgan fingerprint density at radius 1 is 1.40 bits per heavy atom. The van der Waals surface area contributed by atoms with Gasteiger partial charge < -0.3 is 10.2 Å². The molecule has 2 fully saturated rings. The van der Waals surface area contributed by atoms with Gasteiger partial charge in [0.25, 0.3) is 5.91 Å². The van der Waals surface area contributed by atoms with Crippen molar-refractivity contribution in [2.24, 2.45) is 5.41 Å². The topological polar surface area (TPSA) is 62.3 Å². The van der Waals surface area contributed by atoms with Gasteiger partial charge >= 0.3 is 0 Å². The number of nitrogens with zero attached hydrogens (tertiary/aromatic N) is 2. The molecule has 0 bridgehead atoms. The van der Waals surface area contributed by atoms with Crippen LogP contribution >= 0.6 is 11.3 Å². The van der Waals surface area contributed by atoms with Crippen LogP contribution in [0.15, 0.2) is 5.38 Å². The van der Waals surface area contributed by atoms with Gasteiger partial charge in [0, 0.05) is 25.0 Å². The number of amides is 2. The molecule has 5 nitrogen and oxygen atoms in total. The molecular formula is C14H19N3O2S. The van der Waals surface area contributed by atoms with E-state index in [0.717, 1.165) is 43.8 Å². The van der Waals surface area contributed by atoms with Gasteiger partial charge in [0.15, 0.2) is 0 Å². The van der Waals surface area contributed by atoms with Gasteiger partial charge in [-0.15, -0.1) is 11.3 Å². The third-order valence-corrected chi connectivity index (χ3v) is 5.21. The Labute approximate surface area is 122 Å². The summed E-state index contributed by atoms with van der Waals surface area (Å²) in [6, 6.07) is 0. The second-order valence-corrected chi connectivity index (χ2v) is 6.75. The van der Waals surface area contributed by atoms with E-state index in [9.17, 15) is 9.59 Å². The fourth-order valence-electron chi connectivity index (χ4n) is 3.21. The van der Waals surface area contributed by atoms with Gasteiger partial charge in [0.05, 0.1) is 10.4 Å². The maximum absolute atomic E-state index is 12.4. The molecular weight excluding hydrogens is 274 g/mol. The fourth-order valence-corrected chi connectivity index (χ4v) is 3.80. The zero-order chi connectivity index (χ0) is 14.2. The van der Waals surface area contributed by atoms with E-state index in [0.29, 0.717) is 12.2 Å². The first-order valence-corrected chi connectivity index (χ1v) is 7.98. The molecule has 0 saturated carbocycles. The van der Waals surface area contributed by atoms with Crippen molar-refractivity contribution >= 4 is 23.2 Å². The molecule has 20 heavy (non-hydrogen) atoms. The standard InChI is InChI=1S/C14H19N3O2S/c1-10-16-11(9-20-10)12(18)17-7-2-3-14(5-8-17)4-6-15-13(14)19/h9H,2-8H2,1H3,(H,15,19). The molecule has 0 radical (unpaired) electrons. The molecule has 6 heteroatoms. The van der Waals surface area contributed by atoms with Crippen molar-refractivity contribution in [2.75, 3.05) is 19.6 Å². The van der Waals surface area contributed by atoms with Crippen LogP contribution in [0, 0.1) is 12.3 Å². The highest BCUT2D eigenvalue weighted by Gasteiger charge is 2.43. The van der Waals surface area contributed by atoms with Crippen LogP contribution in [-0.2, 0) is 4.79 Å². The van der Waals surface area contributed by atoms with E-state index in [4.69, 9.17) is 0 Å². The predicted octanol–water partition coefficient (Wildman–Crippen LogP) is 1.58. The van der Waals surface area contributed by atoms with Gasteiger partial charge in [-0.2, -0.15) is 0 Å². The van der Waals surface area contributed by atoms with Crippen LogP contribution in [0.25, 0.3) is 0 Å². The third kappa shape index (κ3) is 2.32. The smallest absolute Gasteiger partial charge is 0.273 e. The highest BCUT2D eigenvalue weighted by molar-refractivity contribution is 7.09. The van der Waals surface area contributed by atoms with E-state index in [-0.39, 0.29) is 17.2 Å². The number of aromatic nitrogens is 1. The van der Waals surface area contributed by atoms with E-state index >= 15 is 0 Å². The molecule has 1 aromatic rings. The van der Waals surface area contributed by atoms with Crippen molar-refractivity contribution in [3.63, 3.8) is 0 Å². The van der Waals surface area contributed by atoms with Crippen molar-refractivity contribution in [3.05, 3.63) is 16.1 Å². The molecule has 1 aromatic heterocycles. The lowest BCUT2D eigenvalue weighted by atomic mass is 9.79. The molecule has 1 spiro atoms. The van der Waals surface area contributed by atoms with E-state index in [1.807, 2.05) is 17.2 Å². The van der Waals surface area contributed by atoms with Crippen LogP contribution in [-0.4, -0.2) is 41.3 Å². The zero-order valence-corrected chi connectivity index (χ0v) is 12.5. The molecule has 108 valence electrons. The SMILES string of the molecule is Cc1nc(C(=O)N2CCCC3(CCNC3=O)CC2)cs1. The quantitative estimate of drug-likeness (QED) is 0.855. The Balaban J connectivity index is 1.71. The molecule has 2 aliphatic rings. The normalized spacial score (nSPS) is 26.6. The number of likely N-dealkylation sites (tertiary alicyclic amines) is 1. The van der Waals surface area contributed by atoms with Gasteiger partial charge in [-0.3, -0.25) is 9.59 Å². The van der Waals surface area contributed by atoms with Crippen LogP contribution in [0.2, 0.25) is 0 Å². The Bertz CT molecular complexity index is 542. The molecule has 1 atom stereocenters. The Morgan fingerprint density at radius 3 is 2.90 bits per heavy atom. The Kier molecular flexibility index (Phi) is 3.50. The maximum atomic E-state index is 12.4. The first-order chi connectivity index (χ1) is 9.61. The number of thiazole rings is 1. The van der Waals surface area contributed by atoms with Gasteiger partial charge in [-0.05, 0) is 32.6 Å². The number of hydrogen-bond acceptors (Lipinski definition) is 4. The molecule has 0 aliphatic carbocycles. The second-order valence-electron chi connectivity index (χ2n) is 5.68. The minimum Gasteiger partial charge on any atom is -0.356 e. The second kappa shape index (κ2) is 5.16. The van der Waals surface area contributed by atoms with Crippen molar-refractivity contribution in [2.45, 2.75) is 32.6 Å². The highest BCUT2D eigenvalue weighted by Crippen LogP contribution is 2.38. The molecule has 3 rings (SSSR count). The van der Waals surface area contributed by atoms with Crippen molar-refractivity contribution < 1.29 is 9.59 Å². The molecule has 3 heterocycles.